The van der Waals surface area contributed by atoms with Gasteiger partial charge in [0.15, 0.2) is 0 Å². The van der Waals surface area contributed by atoms with E-state index in [9.17, 15) is 4.79 Å². The first-order chi connectivity index (χ1) is 12.1. The molecule has 2 aromatic rings. The van der Waals surface area contributed by atoms with Crippen molar-refractivity contribution >= 4 is 11.6 Å². The summed E-state index contributed by atoms with van der Waals surface area (Å²) in [5, 5.41) is 4.18. The molecule has 1 aromatic carbocycles. The van der Waals surface area contributed by atoms with E-state index in [1.54, 1.807) is 0 Å². The molecule has 25 heavy (non-hydrogen) atoms. The Bertz CT molecular complexity index is 787. The molecule has 0 aliphatic carbocycles. The first-order valence-corrected chi connectivity index (χ1v) is 9.45. The SMILES string of the molecule is CN1CCC(n2[nH]c3c(c2=O)CN(Cc2ccc(Cl)cc2)CC3)CC1. The molecule has 134 valence electrons. The summed E-state index contributed by atoms with van der Waals surface area (Å²) in [4.78, 5) is 17.6. The quantitative estimate of drug-likeness (QED) is 0.915. The van der Waals surface area contributed by atoms with Crippen molar-refractivity contribution in [3.63, 3.8) is 0 Å². The maximum absolute atomic E-state index is 12.9. The van der Waals surface area contributed by atoms with Crippen LogP contribution in [-0.4, -0.2) is 46.3 Å². The normalized spacial score (nSPS) is 19.9. The molecule has 2 aliphatic rings. The second kappa shape index (κ2) is 6.98. The molecule has 2 aliphatic heterocycles. The molecule has 0 saturated carbocycles. The minimum Gasteiger partial charge on any atom is -0.306 e. The molecular formula is C19H25ClN4O. The first kappa shape index (κ1) is 16.9. The largest absolute Gasteiger partial charge is 0.306 e. The number of H-pyrrole nitrogens is 1. The number of nitrogens with zero attached hydrogens (tertiary/aromatic N) is 3. The van der Waals surface area contributed by atoms with Crippen molar-refractivity contribution in [2.75, 3.05) is 26.7 Å². The number of hydrogen-bond donors (Lipinski definition) is 1. The molecule has 0 unspecified atom stereocenters. The average molecular weight is 361 g/mol. The minimum absolute atomic E-state index is 0.186. The molecule has 0 amide bonds. The van der Waals surface area contributed by atoms with E-state index >= 15 is 0 Å². The third-order valence-corrected chi connectivity index (χ3v) is 5.78. The van der Waals surface area contributed by atoms with Gasteiger partial charge >= 0.3 is 0 Å². The fraction of sp³-hybridized carbons (Fsp3) is 0.526. The molecule has 0 atom stereocenters. The summed E-state index contributed by atoms with van der Waals surface area (Å²) in [6, 6.07) is 8.29. The van der Waals surface area contributed by atoms with Crippen molar-refractivity contribution in [2.45, 2.75) is 38.4 Å². The van der Waals surface area contributed by atoms with Crippen LogP contribution in [0.25, 0.3) is 0 Å². The number of rotatable bonds is 3. The van der Waals surface area contributed by atoms with E-state index in [4.69, 9.17) is 11.6 Å². The van der Waals surface area contributed by atoms with Gasteiger partial charge in [0.25, 0.3) is 5.56 Å². The summed E-state index contributed by atoms with van der Waals surface area (Å²) >= 11 is 5.96. The van der Waals surface area contributed by atoms with E-state index in [2.05, 4.69) is 34.1 Å². The van der Waals surface area contributed by atoms with Crippen LogP contribution in [0.5, 0.6) is 0 Å². The number of aromatic nitrogens is 2. The number of aromatic amines is 1. The van der Waals surface area contributed by atoms with Crippen molar-refractivity contribution in [3.05, 3.63) is 56.5 Å². The standard InChI is InChI=1S/C19H25ClN4O/c1-22-9-6-16(7-10-22)24-19(25)17-13-23(11-8-18(17)21-24)12-14-2-4-15(20)5-3-14/h2-5,16,21H,6-13H2,1H3. The summed E-state index contributed by atoms with van der Waals surface area (Å²) in [5.41, 5.74) is 3.51. The zero-order valence-electron chi connectivity index (χ0n) is 14.7. The van der Waals surface area contributed by atoms with E-state index in [1.165, 1.54) is 5.56 Å². The van der Waals surface area contributed by atoms with E-state index in [0.717, 1.165) is 68.3 Å². The fourth-order valence-electron chi connectivity index (χ4n) is 3.97. The second-order valence-corrected chi connectivity index (χ2v) is 7.80. The Morgan fingerprint density at radius 1 is 1.16 bits per heavy atom. The van der Waals surface area contributed by atoms with Crippen LogP contribution < -0.4 is 5.56 Å². The predicted molar refractivity (Wildman–Crippen MR) is 100 cm³/mol. The van der Waals surface area contributed by atoms with Gasteiger partial charge in [-0.2, -0.15) is 0 Å². The molecule has 1 fully saturated rings. The highest BCUT2D eigenvalue weighted by atomic mass is 35.5. The summed E-state index contributed by atoms with van der Waals surface area (Å²) in [6.07, 6.45) is 3.01. The summed E-state index contributed by atoms with van der Waals surface area (Å²) in [5.74, 6) is 0. The average Bonchev–Trinajstić information content (AvgIpc) is 2.94. The lowest BCUT2D eigenvalue weighted by atomic mass is 10.1. The van der Waals surface area contributed by atoms with E-state index < -0.39 is 0 Å². The Morgan fingerprint density at radius 3 is 2.60 bits per heavy atom. The molecule has 0 radical (unpaired) electrons. The smallest absolute Gasteiger partial charge is 0.271 e. The van der Waals surface area contributed by atoms with Crippen LogP contribution in [0.3, 0.4) is 0 Å². The van der Waals surface area contributed by atoms with Gasteiger partial charge < -0.3 is 4.90 Å². The summed E-state index contributed by atoms with van der Waals surface area (Å²) in [6.45, 7) is 4.68. The number of benzene rings is 1. The Hall–Kier alpha value is -1.56. The molecule has 6 heteroatoms. The van der Waals surface area contributed by atoms with Crippen LogP contribution in [0.15, 0.2) is 29.1 Å². The van der Waals surface area contributed by atoms with Gasteiger partial charge in [-0.05, 0) is 50.7 Å². The number of hydrogen-bond acceptors (Lipinski definition) is 3. The Balaban J connectivity index is 1.49. The van der Waals surface area contributed by atoms with Crippen LogP contribution >= 0.6 is 11.6 Å². The lowest BCUT2D eigenvalue weighted by molar-refractivity contribution is 0.209. The van der Waals surface area contributed by atoms with Gasteiger partial charge in [-0.25, -0.2) is 4.68 Å². The van der Waals surface area contributed by atoms with E-state index in [1.807, 2.05) is 16.8 Å². The maximum Gasteiger partial charge on any atom is 0.271 e. The Labute approximate surface area is 153 Å². The number of piperidine rings is 1. The molecule has 1 N–H and O–H groups in total. The van der Waals surface area contributed by atoms with Crippen LogP contribution in [0.2, 0.25) is 5.02 Å². The van der Waals surface area contributed by atoms with Crippen molar-refractivity contribution in [1.82, 2.24) is 19.6 Å². The number of halogens is 1. The van der Waals surface area contributed by atoms with Crippen LogP contribution in [0.1, 0.15) is 35.7 Å². The molecule has 1 aromatic heterocycles. The predicted octanol–water partition coefficient (Wildman–Crippen LogP) is 2.65. The number of likely N-dealkylation sites (tertiary alicyclic amines) is 1. The van der Waals surface area contributed by atoms with Crippen LogP contribution in [0, 0.1) is 0 Å². The third-order valence-electron chi connectivity index (χ3n) is 5.53. The zero-order valence-corrected chi connectivity index (χ0v) is 15.4. The molecule has 1 saturated heterocycles. The third kappa shape index (κ3) is 3.54. The highest BCUT2D eigenvalue weighted by molar-refractivity contribution is 6.30. The van der Waals surface area contributed by atoms with Crippen molar-refractivity contribution in [2.24, 2.45) is 0 Å². The lowest BCUT2D eigenvalue weighted by Gasteiger charge is -2.29. The number of fused-ring (bicyclic) bond motifs is 1. The monoisotopic (exact) mass is 360 g/mol. The Morgan fingerprint density at radius 2 is 1.88 bits per heavy atom. The highest BCUT2D eigenvalue weighted by Gasteiger charge is 2.26. The molecule has 5 nitrogen and oxygen atoms in total. The van der Waals surface area contributed by atoms with Gasteiger partial charge in [0, 0.05) is 36.8 Å². The lowest BCUT2D eigenvalue weighted by Crippen LogP contribution is -2.36. The molecule has 4 rings (SSSR count). The first-order valence-electron chi connectivity index (χ1n) is 9.08. The van der Waals surface area contributed by atoms with Crippen molar-refractivity contribution < 1.29 is 0 Å². The van der Waals surface area contributed by atoms with E-state index in [-0.39, 0.29) is 5.56 Å². The topological polar surface area (TPSA) is 44.3 Å². The molecular weight excluding hydrogens is 336 g/mol. The van der Waals surface area contributed by atoms with Gasteiger partial charge in [-0.1, -0.05) is 23.7 Å². The second-order valence-electron chi connectivity index (χ2n) is 7.37. The van der Waals surface area contributed by atoms with Gasteiger partial charge in [0.2, 0.25) is 0 Å². The molecule has 3 heterocycles. The van der Waals surface area contributed by atoms with Gasteiger partial charge in [0.1, 0.15) is 0 Å². The summed E-state index contributed by atoms with van der Waals surface area (Å²) in [7, 11) is 2.15. The number of nitrogens with one attached hydrogen (secondary N) is 1. The summed E-state index contributed by atoms with van der Waals surface area (Å²) < 4.78 is 1.91. The fourth-order valence-corrected chi connectivity index (χ4v) is 4.10. The molecule has 0 bridgehead atoms. The van der Waals surface area contributed by atoms with E-state index in [0.29, 0.717) is 6.04 Å². The van der Waals surface area contributed by atoms with Gasteiger partial charge in [-0.3, -0.25) is 14.8 Å². The molecule has 0 spiro atoms. The van der Waals surface area contributed by atoms with Crippen LogP contribution in [0.4, 0.5) is 0 Å². The van der Waals surface area contributed by atoms with Crippen molar-refractivity contribution in [1.29, 1.82) is 0 Å². The van der Waals surface area contributed by atoms with Crippen LogP contribution in [-0.2, 0) is 19.5 Å². The Kier molecular flexibility index (Phi) is 4.71. The maximum atomic E-state index is 12.9. The van der Waals surface area contributed by atoms with Crippen molar-refractivity contribution in [3.8, 4) is 0 Å². The minimum atomic E-state index is 0.186. The highest BCUT2D eigenvalue weighted by Crippen LogP contribution is 2.23. The van der Waals surface area contributed by atoms with Gasteiger partial charge in [-0.15, -0.1) is 0 Å². The van der Waals surface area contributed by atoms with Gasteiger partial charge in [0.05, 0.1) is 11.6 Å². The zero-order chi connectivity index (χ0) is 17.4.